The zero-order chi connectivity index (χ0) is 17.4. The van der Waals surface area contributed by atoms with Crippen molar-refractivity contribution in [1.29, 1.82) is 0 Å². The first-order valence-electron chi connectivity index (χ1n) is 8.71. The van der Waals surface area contributed by atoms with E-state index in [-0.39, 0.29) is 5.91 Å². The van der Waals surface area contributed by atoms with Gasteiger partial charge in [0.25, 0.3) is 5.91 Å². The van der Waals surface area contributed by atoms with Gasteiger partial charge in [-0.15, -0.1) is 11.3 Å². The van der Waals surface area contributed by atoms with Crippen molar-refractivity contribution in [2.75, 3.05) is 32.7 Å². The van der Waals surface area contributed by atoms with Crippen LogP contribution in [-0.2, 0) is 0 Å². The SMILES string of the molecule is CCN1CCN(C(=O)c2csc3nc(-c4ccc(C)cc4)cn23)CC1. The van der Waals surface area contributed by atoms with Crippen molar-refractivity contribution in [1.82, 2.24) is 19.2 Å². The number of fused-ring (bicyclic) bond motifs is 1. The Hall–Kier alpha value is -2.18. The molecule has 0 bridgehead atoms. The fourth-order valence-electron chi connectivity index (χ4n) is 3.23. The maximum Gasteiger partial charge on any atom is 0.271 e. The van der Waals surface area contributed by atoms with E-state index in [2.05, 4.69) is 48.0 Å². The van der Waals surface area contributed by atoms with Crippen LogP contribution in [0.4, 0.5) is 0 Å². The predicted molar refractivity (Wildman–Crippen MR) is 101 cm³/mol. The summed E-state index contributed by atoms with van der Waals surface area (Å²) in [6.45, 7) is 8.78. The van der Waals surface area contributed by atoms with Gasteiger partial charge in [0.1, 0.15) is 5.69 Å². The summed E-state index contributed by atoms with van der Waals surface area (Å²) in [7, 11) is 0. The Morgan fingerprint density at radius 1 is 1.16 bits per heavy atom. The van der Waals surface area contributed by atoms with Crippen LogP contribution in [0.2, 0.25) is 0 Å². The van der Waals surface area contributed by atoms with Crippen molar-refractivity contribution in [2.24, 2.45) is 0 Å². The third-order valence-corrected chi connectivity index (χ3v) is 5.72. The van der Waals surface area contributed by atoms with E-state index in [9.17, 15) is 4.79 Å². The number of nitrogens with zero attached hydrogens (tertiary/aromatic N) is 4. The average molecular weight is 354 g/mol. The summed E-state index contributed by atoms with van der Waals surface area (Å²) in [5.74, 6) is 0.106. The molecular formula is C19H22N4OS. The molecule has 3 heterocycles. The summed E-state index contributed by atoms with van der Waals surface area (Å²) < 4.78 is 1.94. The van der Waals surface area contributed by atoms with Gasteiger partial charge in [0.15, 0.2) is 4.96 Å². The van der Waals surface area contributed by atoms with Gasteiger partial charge in [0, 0.05) is 43.3 Å². The van der Waals surface area contributed by atoms with Gasteiger partial charge < -0.3 is 9.80 Å². The lowest BCUT2D eigenvalue weighted by Crippen LogP contribution is -2.48. The molecule has 1 aliphatic heterocycles. The van der Waals surface area contributed by atoms with Crippen LogP contribution < -0.4 is 0 Å². The monoisotopic (exact) mass is 354 g/mol. The molecule has 4 rings (SSSR count). The molecule has 0 spiro atoms. The van der Waals surface area contributed by atoms with Crippen molar-refractivity contribution in [3.05, 3.63) is 47.1 Å². The number of thiazole rings is 1. The van der Waals surface area contributed by atoms with Gasteiger partial charge in [-0.3, -0.25) is 9.20 Å². The van der Waals surface area contributed by atoms with Gasteiger partial charge in [-0.25, -0.2) is 4.98 Å². The molecule has 3 aromatic rings. The molecule has 0 aliphatic carbocycles. The second-order valence-corrected chi connectivity index (χ2v) is 7.33. The molecule has 5 nitrogen and oxygen atoms in total. The predicted octanol–water partition coefficient (Wildman–Crippen LogP) is 3.15. The van der Waals surface area contributed by atoms with Crippen LogP contribution in [0.1, 0.15) is 23.0 Å². The highest BCUT2D eigenvalue weighted by Crippen LogP contribution is 2.25. The number of piperazine rings is 1. The van der Waals surface area contributed by atoms with Crippen LogP contribution in [0.15, 0.2) is 35.8 Å². The zero-order valence-electron chi connectivity index (χ0n) is 14.6. The molecule has 25 heavy (non-hydrogen) atoms. The Labute approximate surface area is 151 Å². The molecule has 1 fully saturated rings. The number of carbonyl (C=O) groups excluding carboxylic acids is 1. The van der Waals surface area contributed by atoms with E-state index in [1.165, 1.54) is 16.9 Å². The highest BCUT2D eigenvalue weighted by molar-refractivity contribution is 7.15. The number of likely N-dealkylation sites (N-methyl/N-ethyl adjacent to an activating group) is 1. The summed E-state index contributed by atoms with van der Waals surface area (Å²) >= 11 is 1.52. The Kier molecular flexibility index (Phi) is 4.31. The molecule has 0 N–H and O–H groups in total. The highest BCUT2D eigenvalue weighted by Gasteiger charge is 2.24. The van der Waals surface area contributed by atoms with Crippen LogP contribution in [0.25, 0.3) is 16.2 Å². The molecule has 1 aliphatic rings. The highest BCUT2D eigenvalue weighted by atomic mass is 32.1. The Morgan fingerprint density at radius 3 is 2.56 bits per heavy atom. The van der Waals surface area contributed by atoms with E-state index in [1.807, 2.05) is 20.9 Å². The summed E-state index contributed by atoms with van der Waals surface area (Å²) in [6.07, 6.45) is 1.98. The number of hydrogen-bond acceptors (Lipinski definition) is 4. The minimum absolute atomic E-state index is 0.106. The number of aryl methyl sites for hydroxylation is 1. The molecule has 1 aromatic carbocycles. The number of hydrogen-bond donors (Lipinski definition) is 0. The Bertz CT molecular complexity index is 888. The van der Waals surface area contributed by atoms with Crippen LogP contribution in [0, 0.1) is 6.92 Å². The zero-order valence-corrected chi connectivity index (χ0v) is 15.4. The normalized spacial score (nSPS) is 15.8. The molecule has 0 radical (unpaired) electrons. The molecule has 0 saturated carbocycles. The smallest absolute Gasteiger partial charge is 0.271 e. The lowest BCUT2D eigenvalue weighted by atomic mass is 10.1. The van der Waals surface area contributed by atoms with Crippen LogP contribution in [0.3, 0.4) is 0 Å². The number of carbonyl (C=O) groups is 1. The third kappa shape index (κ3) is 3.07. The summed E-state index contributed by atoms with van der Waals surface area (Å²) in [5.41, 5.74) is 3.94. The van der Waals surface area contributed by atoms with Crippen LogP contribution in [-0.4, -0.2) is 57.8 Å². The van der Waals surface area contributed by atoms with Gasteiger partial charge in [0.2, 0.25) is 0 Å². The van der Waals surface area contributed by atoms with Gasteiger partial charge in [0.05, 0.1) is 5.69 Å². The fourth-order valence-corrected chi connectivity index (χ4v) is 4.08. The minimum atomic E-state index is 0.106. The molecule has 130 valence electrons. The number of rotatable bonds is 3. The quantitative estimate of drug-likeness (QED) is 0.725. The van der Waals surface area contributed by atoms with Crippen LogP contribution in [0.5, 0.6) is 0 Å². The van der Waals surface area contributed by atoms with E-state index in [1.54, 1.807) is 0 Å². The van der Waals surface area contributed by atoms with Crippen molar-refractivity contribution < 1.29 is 4.79 Å². The van der Waals surface area contributed by atoms with Gasteiger partial charge >= 0.3 is 0 Å². The standard InChI is InChI=1S/C19H22N4OS/c1-3-21-8-10-22(11-9-21)18(24)17-13-25-19-20-16(12-23(17)19)15-6-4-14(2)5-7-15/h4-7,12-13H,3,8-11H2,1-2H3. The van der Waals surface area contributed by atoms with Crippen molar-refractivity contribution >= 4 is 22.2 Å². The number of imidazole rings is 1. The number of aromatic nitrogens is 2. The number of benzene rings is 1. The maximum absolute atomic E-state index is 12.9. The second kappa shape index (κ2) is 6.61. The molecule has 1 amide bonds. The van der Waals surface area contributed by atoms with E-state index < -0.39 is 0 Å². The summed E-state index contributed by atoms with van der Waals surface area (Å²) in [5, 5.41) is 1.93. The first-order chi connectivity index (χ1) is 12.2. The largest absolute Gasteiger partial charge is 0.335 e. The topological polar surface area (TPSA) is 40.8 Å². The van der Waals surface area contributed by atoms with Crippen molar-refractivity contribution in [3.63, 3.8) is 0 Å². The molecular weight excluding hydrogens is 332 g/mol. The second-order valence-electron chi connectivity index (χ2n) is 6.49. The van der Waals surface area contributed by atoms with Crippen LogP contribution >= 0.6 is 11.3 Å². The molecule has 0 unspecified atom stereocenters. The van der Waals surface area contributed by atoms with E-state index in [0.29, 0.717) is 0 Å². The van der Waals surface area contributed by atoms with Gasteiger partial charge in [-0.1, -0.05) is 36.8 Å². The molecule has 2 aromatic heterocycles. The molecule has 6 heteroatoms. The van der Waals surface area contributed by atoms with E-state index in [4.69, 9.17) is 0 Å². The molecule has 0 atom stereocenters. The van der Waals surface area contributed by atoms with Crippen molar-refractivity contribution in [2.45, 2.75) is 13.8 Å². The van der Waals surface area contributed by atoms with E-state index >= 15 is 0 Å². The van der Waals surface area contributed by atoms with Gasteiger partial charge in [-0.05, 0) is 13.5 Å². The van der Waals surface area contributed by atoms with Crippen molar-refractivity contribution in [3.8, 4) is 11.3 Å². The molecule has 1 saturated heterocycles. The average Bonchev–Trinajstić information content (AvgIpc) is 3.22. The lowest BCUT2D eigenvalue weighted by molar-refractivity contribution is 0.0637. The number of amides is 1. The Morgan fingerprint density at radius 2 is 1.88 bits per heavy atom. The summed E-state index contributed by atoms with van der Waals surface area (Å²) in [6, 6.07) is 8.32. The fraction of sp³-hybridized carbons (Fsp3) is 0.368. The minimum Gasteiger partial charge on any atom is -0.335 e. The first kappa shape index (κ1) is 16.3. The first-order valence-corrected chi connectivity index (χ1v) is 9.59. The van der Waals surface area contributed by atoms with E-state index in [0.717, 1.165) is 54.6 Å². The Balaban J connectivity index is 1.60. The lowest BCUT2D eigenvalue weighted by Gasteiger charge is -2.33. The van der Waals surface area contributed by atoms with Gasteiger partial charge in [-0.2, -0.15) is 0 Å². The maximum atomic E-state index is 12.9. The third-order valence-electron chi connectivity index (χ3n) is 4.88. The summed E-state index contributed by atoms with van der Waals surface area (Å²) in [4.78, 5) is 22.8.